The van der Waals surface area contributed by atoms with Crippen LogP contribution < -0.4 is 0 Å². The fourth-order valence-corrected chi connectivity index (χ4v) is 6.05. The Hall–Kier alpha value is -3.46. The van der Waals surface area contributed by atoms with E-state index in [4.69, 9.17) is 23.7 Å². The number of esters is 1. The zero-order chi connectivity index (χ0) is 29.9. The van der Waals surface area contributed by atoms with Gasteiger partial charge in [-0.05, 0) is 35.7 Å². The van der Waals surface area contributed by atoms with E-state index in [1.165, 1.54) is 12.5 Å². The van der Waals surface area contributed by atoms with Crippen LogP contribution in [0.3, 0.4) is 0 Å². The van der Waals surface area contributed by atoms with E-state index in [0.29, 0.717) is 19.8 Å². The highest BCUT2D eigenvalue weighted by Gasteiger charge is 2.49. The zero-order valence-corrected chi connectivity index (χ0v) is 25.4. The minimum absolute atomic E-state index is 0.0380. The second-order valence-corrected chi connectivity index (χ2v) is 11.7. The first-order valence-electron chi connectivity index (χ1n) is 14.5. The van der Waals surface area contributed by atoms with Gasteiger partial charge in [-0.15, -0.1) is 0 Å². The van der Waals surface area contributed by atoms with Crippen molar-refractivity contribution in [1.29, 1.82) is 0 Å². The lowest BCUT2D eigenvalue weighted by Crippen LogP contribution is -2.60. The number of rotatable bonds is 13. The van der Waals surface area contributed by atoms with E-state index in [1.54, 1.807) is 11.8 Å². The summed E-state index contributed by atoms with van der Waals surface area (Å²) < 4.78 is 32.2. The average molecular weight is 599 g/mol. The number of hydrogen-bond donors (Lipinski definition) is 0. The number of aryl methyl sites for hydroxylation is 1. The van der Waals surface area contributed by atoms with Gasteiger partial charge in [-0.3, -0.25) is 4.79 Å². The Morgan fingerprint density at radius 1 is 0.651 bits per heavy atom. The van der Waals surface area contributed by atoms with Crippen molar-refractivity contribution in [2.24, 2.45) is 0 Å². The Kier molecular flexibility index (Phi) is 11.4. The summed E-state index contributed by atoms with van der Waals surface area (Å²) in [5.41, 5.74) is 3.83. The largest absolute Gasteiger partial charge is 0.463 e. The van der Waals surface area contributed by atoms with Gasteiger partial charge in [0.2, 0.25) is 0 Å². The van der Waals surface area contributed by atoms with Crippen LogP contribution in [0, 0.1) is 6.92 Å². The topological polar surface area (TPSA) is 63.2 Å². The van der Waals surface area contributed by atoms with E-state index >= 15 is 0 Å². The van der Waals surface area contributed by atoms with Gasteiger partial charge < -0.3 is 23.7 Å². The molecule has 0 bridgehead atoms. The van der Waals surface area contributed by atoms with E-state index in [9.17, 15) is 4.79 Å². The molecule has 6 nitrogen and oxygen atoms in total. The van der Waals surface area contributed by atoms with E-state index in [-0.39, 0.29) is 12.6 Å². The maximum absolute atomic E-state index is 11.9. The molecule has 0 amide bonds. The van der Waals surface area contributed by atoms with E-state index < -0.39 is 29.9 Å². The summed E-state index contributed by atoms with van der Waals surface area (Å²) in [6, 6.07) is 38.4. The maximum Gasteiger partial charge on any atom is 0.302 e. The van der Waals surface area contributed by atoms with Crippen LogP contribution in [0.1, 0.15) is 29.2 Å². The number of carbonyl (C=O) groups excluding carboxylic acids is 1. The molecule has 0 aliphatic carbocycles. The highest BCUT2D eigenvalue weighted by atomic mass is 32.2. The standard InChI is InChI=1S/C36H38O6S/c1-26-18-20-31(21-19-26)43-36-35(41-24-30-16-10-5-11-17-30)34(40-23-29-14-8-4-9-15-29)33(32(42-36)25-38-27(2)37)39-22-28-12-6-3-7-13-28/h3-21,32-36H,22-25H2,1-2H3/t32?,33-,34?,35?,36-/m0/s1. The molecule has 224 valence electrons. The van der Waals surface area contributed by atoms with Gasteiger partial charge in [0.1, 0.15) is 36.5 Å². The molecule has 1 aliphatic heterocycles. The van der Waals surface area contributed by atoms with Crippen LogP contribution in [0.5, 0.6) is 0 Å². The smallest absolute Gasteiger partial charge is 0.302 e. The lowest BCUT2D eigenvalue weighted by molar-refractivity contribution is -0.253. The molecule has 0 saturated carbocycles. The molecule has 4 aromatic rings. The third-order valence-electron chi connectivity index (χ3n) is 7.17. The molecule has 0 spiro atoms. The molecule has 43 heavy (non-hydrogen) atoms. The molecule has 0 radical (unpaired) electrons. The fourth-order valence-electron chi connectivity index (χ4n) is 4.93. The maximum atomic E-state index is 11.9. The molecule has 0 aromatic heterocycles. The van der Waals surface area contributed by atoms with Crippen molar-refractivity contribution in [3.05, 3.63) is 138 Å². The summed E-state index contributed by atoms with van der Waals surface area (Å²) in [5, 5.41) is 0. The molecule has 1 aliphatic rings. The quantitative estimate of drug-likeness (QED) is 0.152. The number of ether oxygens (including phenoxy) is 5. The Morgan fingerprint density at radius 3 is 1.60 bits per heavy atom. The Morgan fingerprint density at radius 2 is 1.12 bits per heavy atom. The third-order valence-corrected chi connectivity index (χ3v) is 8.33. The van der Waals surface area contributed by atoms with Crippen molar-refractivity contribution in [1.82, 2.24) is 0 Å². The summed E-state index contributed by atoms with van der Waals surface area (Å²) in [5.74, 6) is -0.377. The predicted molar refractivity (Wildman–Crippen MR) is 167 cm³/mol. The lowest BCUT2D eigenvalue weighted by atomic mass is 9.99. The van der Waals surface area contributed by atoms with Gasteiger partial charge in [0.05, 0.1) is 19.8 Å². The highest BCUT2D eigenvalue weighted by Crippen LogP contribution is 2.38. The molecular formula is C36H38O6S. The first-order valence-corrected chi connectivity index (χ1v) is 15.4. The minimum Gasteiger partial charge on any atom is -0.463 e. The van der Waals surface area contributed by atoms with Gasteiger partial charge in [-0.1, -0.05) is 120 Å². The molecule has 1 saturated heterocycles. The van der Waals surface area contributed by atoms with Crippen LogP contribution in [0.2, 0.25) is 0 Å². The van der Waals surface area contributed by atoms with Crippen molar-refractivity contribution in [3.8, 4) is 0 Å². The monoisotopic (exact) mass is 598 g/mol. The van der Waals surface area contributed by atoms with Crippen LogP contribution in [0.15, 0.2) is 120 Å². The first kappa shape index (κ1) is 31.0. The molecule has 1 fully saturated rings. The molecule has 0 N–H and O–H groups in total. The molecule has 3 unspecified atom stereocenters. The second kappa shape index (κ2) is 15.8. The number of carbonyl (C=O) groups is 1. The molecule has 4 aromatic carbocycles. The molecule has 1 heterocycles. The van der Waals surface area contributed by atoms with Gasteiger partial charge >= 0.3 is 5.97 Å². The van der Waals surface area contributed by atoms with Crippen LogP contribution in [-0.2, 0) is 48.3 Å². The van der Waals surface area contributed by atoms with Crippen LogP contribution >= 0.6 is 11.8 Å². The highest BCUT2D eigenvalue weighted by molar-refractivity contribution is 7.99. The summed E-state index contributed by atoms with van der Waals surface area (Å²) in [6.07, 6.45) is -2.17. The van der Waals surface area contributed by atoms with Crippen molar-refractivity contribution in [2.45, 2.75) is 68.4 Å². The minimum atomic E-state index is -0.576. The van der Waals surface area contributed by atoms with Crippen molar-refractivity contribution >= 4 is 17.7 Å². The summed E-state index contributed by atoms with van der Waals surface area (Å²) in [4.78, 5) is 13.0. The van der Waals surface area contributed by atoms with E-state index in [2.05, 4.69) is 31.2 Å². The Labute approximate surface area is 258 Å². The predicted octanol–water partition coefficient (Wildman–Crippen LogP) is 7.13. The first-order chi connectivity index (χ1) is 21.0. The van der Waals surface area contributed by atoms with Gasteiger partial charge in [0.25, 0.3) is 0 Å². The molecule has 7 heteroatoms. The average Bonchev–Trinajstić information content (AvgIpc) is 3.04. The van der Waals surface area contributed by atoms with Crippen LogP contribution in [-0.4, -0.2) is 42.4 Å². The van der Waals surface area contributed by atoms with E-state index in [1.807, 2.05) is 91.0 Å². The molecule has 5 atom stereocenters. The summed E-state index contributed by atoms with van der Waals surface area (Å²) in [6.45, 7) is 4.59. The summed E-state index contributed by atoms with van der Waals surface area (Å²) in [7, 11) is 0. The van der Waals surface area contributed by atoms with Crippen molar-refractivity contribution in [2.75, 3.05) is 6.61 Å². The van der Waals surface area contributed by atoms with Gasteiger partial charge in [0.15, 0.2) is 0 Å². The van der Waals surface area contributed by atoms with Crippen molar-refractivity contribution < 1.29 is 28.5 Å². The lowest BCUT2D eigenvalue weighted by Gasteiger charge is -2.45. The summed E-state index contributed by atoms with van der Waals surface area (Å²) >= 11 is 1.57. The molecule has 5 rings (SSSR count). The van der Waals surface area contributed by atoms with Gasteiger partial charge in [-0.25, -0.2) is 0 Å². The Balaban J connectivity index is 1.48. The van der Waals surface area contributed by atoms with Crippen LogP contribution in [0.25, 0.3) is 0 Å². The van der Waals surface area contributed by atoms with Gasteiger partial charge in [0, 0.05) is 11.8 Å². The normalized spacial score (nSPS) is 21.8. The van der Waals surface area contributed by atoms with Crippen molar-refractivity contribution in [3.63, 3.8) is 0 Å². The van der Waals surface area contributed by atoms with E-state index in [0.717, 1.165) is 21.6 Å². The number of thioether (sulfide) groups is 1. The second-order valence-electron chi connectivity index (χ2n) is 10.6. The van der Waals surface area contributed by atoms with Crippen LogP contribution in [0.4, 0.5) is 0 Å². The zero-order valence-electron chi connectivity index (χ0n) is 24.5. The third kappa shape index (κ3) is 9.26. The number of hydrogen-bond acceptors (Lipinski definition) is 7. The SMILES string of the molecule is CC(=O)OCC1O[C@@H](Sc2ccc(C)cc2)C(OCc2ccccc2)C(OCc2ccccc2)[C@H]1OCc1ccccc1. The Bertz CT molecular complexity index is 1380. The molecular weight excluding hydrogens is 560 g/mol. The van der Waals surface area contributed by atoms with Gasteiger partial charge in [-0.2, -0.15) is 0 Å². The number of benzene rings is 4. The fraction of sp³-hybridized carbons (Fsp3) is 0.306.